The van der Waals surface area contributed by atoms with Crippen LogP contribution in [0.1, 0.15) is 17.4 Å². The summed E-state index contributed by atoms with van der Waals surface area (Å²) < 4.78 is 4.90. The molecule has 0 saturated heterocycles. The average Bonchev–Trinajstić information content (AvgIpc) is 2.42. The van der Waals surface area contributed by atoms with Gasteiger partial charge in [-0.3, -0.25) is 0 Å². The maximum absolute atomic E-state index is 10.9. The lowest BCUT2D eigenvalue weighted by Crippen LogP contribution is -2.06. The van der Waals surface area contributed by atoms with Crippen molar-refractivity contribution in [2.24, 2.45) is 4.99 Å². The van der Waals surface area contributed by atoms with Gasteiger partial charge in [0.15, 0.2) is 11.5 Å². The first-order valence-electron chi connectivity index (χ1n) is 5.39. The highest BCUT2D eigenvalue weighted by Crippen LogP contribution is 2.22. The number of halogens is 1. The van der Waals surface area contributed by atoms with Crippen molar-refractivity contribution in [3.8, 4) is 0 Å². The van der Waals surface area contributed by atoms with Crippen LogP contribution < -0.4 is 5.32 Å². The highest BCUT2D eigenvalue weighted by atomic mass is 35.5. The quantitative estimate of drug-likeness (QED) is 0.475. The number of allylic oxidation sites excluding steroid dienone is 3. The molecule has 0 spiro atoms. The van der Waals surface area contributed by atoms with E-state index in [1.165, 1.54) is 7.11 Å². The van der Waals surface area contributed by atoms with Gasteiger partial charge in [-0.25, -0.2) is 19.8 Å². The van der Waals surface area contributed by atoms with Crippen LogP contribution in [-0.2, 0) is 4.74 Å². The van der Waals surface area contributed by atoms with Crippen LogP contribution in [0.5, 0.6) is 0 Å². The Morgan fingerprint density at radius 2 is 2.25 bits per heavy atom. The van der Waals surface area contributed by atoms with E-state index in [0.29, 0.717) is 11.6 Å². The molecule has 1 aromatic rings. The van der Waals surface area contributed by atoms with E-state index in [-0.39, 0.29) is 16.5 Å². The molecule has 1 rings (SSSR count). The summed E-state index contributed by atoms with van der Waals surface area (Å²) in [6, 6.07) is 0. The van der Waals surface area contributed by atoms with Crippen LogP contribution in [0.15, 0.2) is 35.1 Å². The molecule has 0 unspecified atom stereocenters. The molecule has 0 fully saturated rings. The summed E-state index contributed by atoms with van der Waals surface area (Å²) in [5.74, 6) is -0.683. The summed E-state index contributed by atoms with van der Waals surface area (Å²) in [5.41, 5.74) is 0.387. The van der Waals surface area contributed by atoms with Gasteiger partial charge in [-0.15, -0.1) is 0 Å². The number of hydrogen-bond donors (Lipinski definition) is 2. The molecule has 0 radical (unpaired) electrons. The Morgan fingerprint density at radius 3 is 2.80 bits per heavy atom. The molecule has 2 N–H and O–H groups in total. The van der Waals surface area contributed by atoms with Gasteiger partial charge >= 0.3 is 5.97 Å². The van der Waals surface area contributed by atoms with E-state index in [0.717, 1.165) is 6.33 Å². The van der Waals surface area contributed by atoms with Crippen molar-refractivity contribution >= 4 is 30.1 Å². The smallest absolute Gasteiger partial charge is 0.356 e. The summed E-state index contributed by atoms with van der Waals surface area (Å²) in [7, 11) is 1.47. The number of carboxylic acids is 1. The first-order chi connectivity index (χ1) is 9.49. The predicted molar refractivity (Wildman–Crippen MR) is 76.0 cm³/mol. The molecule has 106 valence electrons. The fourth-order valence-electron chi connectivity index (χ4n) is 1.22. The number of aliphatic imine (C=N–C) groups is 1. The summed E-state index contributed by atoms with van der Waals surface area (Å²) >= 11 is 5.90. The number of rotatable bonds is 6. The third-order valence-electron chi connectivity index (χ3n) is 2.15. The number of nitrogens with one attached hydrogen (secondary N) is 1. The van der Waals surface area contributed by atoms with Gasteiger partial charge < -0.3 is 15.2 Å². The van der Waals surface area contributed by atoms with Gasteiger partial charge in [0.25, 0.3) is 0 Å². The highest BCUT2D eigenvalue weighted by Gasteiger charge is 2.14. The lowest BCUT2D eigenvalue weighted by Gasteiger charge is -2.08. The minimum absolute atomic E-state index is 0.0643. The van der Waals surface area contributed by atoms with Gasteiger partial charge in [0, 0.05) is 11.8 Å². The van der Waals surface area contributed by atoms with Crippen LogP contribution in [-0.4, -0.2) is 34.9 Å². The van der Waals surface area contributed by atoms with Gasteiger partial charge in [0.2, 0.25) is 5.88 Å². The summed E-state index contributed by atoms with van der Waals surface area (Å²) in [5, 5.41) is 11.7. The second kappa shape index (κ2) is 7.25. The third kappa shape index (κ3) is 4.06. The van der Waals surface area contributed by atoms with Crippen molar-refractivity contribution < 1.29 is 14.6 Å². The summed E-state index contributed by atoms with van der Waals surface area (Å²) in [6.45, 7) is 5.08. The number of carbonyl (C=O) groups is 1. The van der Waals surface area contributed by atoms with Crippen LogP contribution in [0.4, 0.5) is 5.82 Å². The number of carboxylic acid groups (broad SMARTS) is 1. The monoisotopic (exact) mass is 296 g/mol. The molecule has 0 atom stereocenters. The Balaban J connectivity index is 2.97. The fraction of sp³-hybridized carbons (Fsp3) is 0.167. The van der Waals surface area contributed by atoms with Gasteiger partial charge in [0.1, 0.15) is 11.3 Å². The molecule has 0 aliphatic rings. The van der Waals surface area contributed by atoms with Crippen LogP contribution >= 0.6 is 11.6 Å². The Morgan fingerprint density at radius 1 is 1.55 bits per heavy atom. The van der Waals surface area contributed by atoms with Gasteiger partial charge in [-0.1, -0.05) is 11.6 Å². The topological polar surface area (TPSA) is 96.7 Å². The van der Waals surface area contributed by atoms with E-state index in [1.807, 2.05) is 0 Å². The Labute approximate surface area is 120 Å². The highest BCUT2D eigenvalue weighted by molar-refractivity contribution is 6.35. The second-order valence-corrected chi connectivity index (χ2v) is 3.91. The van der Waals surface area contributed by atoms with Crippen molar-refractivity contribution in [1.82, 2.24) is 9.97 Å². The molecular weight excluding hydrogens is 284 g/mol. The molecule has 0 amide bonds. The van der Waals surface area contributed by atoms with Crippen molar-refractivity contribution in [3.05, 3.63) is 40.8 Å². The zero-order valence-corrected chi connectivity index (χ0v) is 11.7. The van der Waals surface area contributed by atoms with Crippen molar-refractivity contribution in [2.45, 2.75) is 6.92 Å². The van der Waals surface area contributed by atoms with E-state index >= 15 is 0 Å². The average molecular weight is 297 g/mol. The Bertz CT molecular complexity index is 584. The number of methoxy groups -OCH3 is 1. The molecular formula is C12H13ClN4O3. The first-order valence-corrected chi connectivity index (χ1v) is 5.77. The lowest BCUT2D eigenvalue weighted by molar-refractivity contribution is 0.0690. The number of aromatic carboxylic acids is 1. The van der Waals surface area contributed by atoms with Crippen LogP contribution in [0.3, 0.4) is 0 Å². The molecule has 8 heteroatoms. The minimum atomic E-state index is -1.22. The molecule has 1 heterocycles. The molecule has 0 aliphatic heterocycles. The van der Waals surface area contributed by atoms with E-state index in [2.05, 4.69) is 27.0 Å². The molecule has 0 saturated carbocycles. The molecule has 0 bridgehead atoms. The maximum Gasteiger partial charge on any atom is 0.356 e. The molecule has 0 aliphatic carbocycles. The van der Waals surface area contributed by atoms with E-state index in [1.54, 1.807) is 19.1 Å². The lowest BCUT2D eigenvalue weighted by atomic mass is 10.3. The van der Waals surface area contributed by atoms with Crippen LogP contribution in [0.25, 0.3) is 0 Å². The first kappa shape index (κ1) is 15.6. The zero-order valence-electron chi connectivity index (χ0n) is 10.9. The molecule has 20 heavy (non-hydrogen) atoms. The molecule has 7 nitrogen and oxygen atoms in total. The Hall–Kier alpha value is -2.41. The van der Waals surface area contributed by atoms with E-state index < -0.39 is 5.97 Å². The van der Waals surface area contributed by atoms with E-state index in [9.17, 15) is 4.79 Å². The normalized spacial score (nSPS) is 11.9. The number of nitrogens with zero attached hydrogens (tertiary/aromatic N) is 3. The van der Waals surface area contributed by atoms with Crippen LogP contribution in [0, 0.1) is 0 Å². The number of aromatic nitrogens is 2. The largest absolute Gasteiger partial charge is 0.481 e. The van der Waals surface area contributed by atoms with Crippen molar-refractivity contribution in [1.29, 1.82) is 0 Å². The SMILES string of the molecule is C=N/C(=C\C=C(/C)Nc1ncnc(C(=O)O)c1Cl)OC. The fourth-order valence-corrected chi connectivity index (χ4v) is 1.44. The summed E-state index contributed by atoms with van der Waals surface area (Å²) in [4.78, 5) is 22.0. The Kier molecular flexibility index (Phi) is 5.67. The minimum Gasteiger partial charge on any atom is -0.481 e. The second-order valence-electron chi connectivity index (χ2n) is 3.53. The number of ether oxygens (including phenoxy) is 1. The van der Waals surface area contributed by atoms with Gasteiger partial charge in [-0.2, -0.15) is 0 Å². The van der Waals surface area contributed by atoms with E-state index in [4.69, 9.17) is 21.4 Å². The maximum atomic E-state index is 10.9. The predicted octanol–water partition coefficient (Wildman–Crippen LogP) is 2.33. The molecule has 0 aromatic carbocycles. The van der Waals surface area contributed by atoms with Crippen molar-refractivity contribution in [2.75, 3.05) is 12.4 Å². The van der Waals surface area contributed by atoms with Gasteiger partial charge in [0.05, 0.1) is 7.11 Å². The number of anilines is 1. The summed E-state index contributed by atoms with van der Waals surface area (Å²) in [6.07, 6.45) is 4.36. The van der Waals surface area contributed by atoms with Crippen molar-refractivity contribution in [3.63, 3.8) is 0 Å². The zero-order chi connectivity index (χ0) is 15.1. The number of hydrogen-bond acceptors (Lipinski definition) is 6. The van der Waals surface area contributed by atoms with Gasteiger partial charge in [-0.05, 0) is 19.7 Å². The standard InChI is InChI=1S/C12H13ClN4O3/c1-7(4-5-8(14-2)20-3)17-11-9(13)10(12(18)19)15-6-16-11/h4-6H,2H2,1,3H3,(H,18,19)(H,15,16,17)/b7-4+,8-5+. The third-order valence-corrected chi connectivity index (χ3v) is 2.51. The molecule has 1 aromatic heterocycles. The van der Waals surface area contributed by atoms with Crippen LogP contribution in [0.2, 0.25) is 5.02 Å².